The topological polar surface area (TPSA) is 35.9 Å². The smallest absolute Gasteiger partial charge is 0.131 e. The predicted molar refractivity (Wildman–Crippen MR) is 121 cm³/mol. The highest BCUT2D eigenvalue weighted by molar-refractivity contribution is 6.07. The number of hydrogen-bond acceptors (Lipinski definition) is 4. The minimum Gasteiger partial charge on any atom is -0.300 e. The van der Waals surface area contributed by atoms with Crippen molar-refractivity contribution in [2.75, 3.05) is 26.7 Å². The van der Waals surface area contributed by atoms with Gasteiger partial charge in [-0.3, -0.25) is 14.7 Å². The summed E-state index contributed by atoms with van der Waals surface area (Å²) in [6, 6.07) is 21.3. The second-order valence-corrected chi connectivity index (χ2v) is 7.79. The highest BCUT2D eigenvalue weighted by Crippen LogP contribution is 2.39. The Morgan fingerprint density at radius 2 is 1.76 bits per heavy atom. The summed E-state index contributed by atoms with van der Waals surface area (Å²) in [6.07, 6.45) is 2.86. The first-order chi connectivity index (χ1) is 13.6. The highest BCUT2D eigenvalue weighted by Gasteiger charge is 2.41. The number of carbonyl (C=O) groups excluding carboxylic acids is 1. The van der Waals surface area contributed by atoms with E-state index in [9.17, 15) is 4.79 Å². The lowest BCUT2D eigenvalue weighted by Gasteiger charge is -2.36. The molecule has 1 fully saturated rings. The Kier molecular flexibility index (Phi) is 6.88. The lowest BCUT2D eigenvalue weighted by atomic mass is 9.83. The van der Waals surface area contributed by atoms with Crippen LogP contribution in [0, 0.1) is 5.92 Å². The maximum atomic E-state index is 11.6. The van der Waals surface area contributed by atoms with Crippen LogP contribution in [-0.4, -0.2) is 48.1 Å². The first-order valence-corrected chi connectivity index (χ1v) is 9.96. The molecule has 0 bridgehead atoms. The Hall–Kier alpha value is -2.43. The number of Topliss-reactive ketones (excluding diaryl/α,β-unsaturated/α-hetero) is 1. The average molecular weight is 410 g/mol. The zero-order chi connectivity index (χ0) is 19.5. The van der Waals surface area contributed by atoms with Gasteiger partial charge in [0.15, 0.2) is 0 Å². The number of piperidine rings is 1. The molecule has 2 aromatic rings. The number of ketones is 1. The van der Waals surface area contributed by atoms with E-state index in [4.69, 9.17) is 5.10 Å². The molecule has 0 spiro atoms. The zero-order valence-electron chi connectivity index (χ0n) is 17.0. The fourth-order valence-electron chi connectivity index (χ4n) is 4.32. The van der Waals surface area contributed by atoms with Gasteiger partial charge in [-0.25, -0.2) is 0 Å². The van der Waals surface area contributed by atoms with Crippen LogP contribution in [-0.2, 0) is 4.79 Å². The summed E-state index contributed by atoms with van der Waals surface area (Å²) in [6.45, 7) is 4.25. The van der Waals surface area contributed by atoms with Gasteiger partial charge in [-0.05, 0) is 29.7 Å². The molecular formula is C24H28ClN3O. The lowest BCUT2D eigenvalue weighted by Crippen LogP contribution is -2.44. The predicted octanol–water partition coefficient (Wildman–Crippen LogP) is 4.45. The van der Waals surface area contributed by atoms with Gasteiger partial charge < -0.3 is 0 Å². The van der Waals surface area contributed by atoms with Gasteiger partial charge in [-0.1, -0.05) is 60.7 Å². The van der Waals surface area contributed by atoms with Crippen molar-refractivity contribution in [2.24, 2.45) is 11.0 Å². The molecule has 4 nitrogen and oxygen atoms in total. The quantitative estimate of drug-likeness (QED) is 0.732. The van der Waals surface area contributed by atoms with Crippen molar-refractivity contribution in [1.29, 1.82) is 0 Å². The Morgan fingerprint density at radius 3 is 2.41 bits per heavy atom. The summed E-state index contributed by atoms with van der Waals surface area (Å²) in [7, 11) is 2.07. The van der Waals surface area contributed by atoms with E-state index in [2.05, 4.69) is 77.6 Å². The summed E-state index contributed by atoms with van der Waals surface area (Å²) in [5.74, 6) is 0.555. The minimum absolute atomic E-state index is 0. The van der Waals surface area contributed by atoms with E-state index < -0.39 is 0 Å². The largest absolute Gasteiger partial charge is 0.300 e. The molecule has 0 radical (unpaired) electrons. The SMILES string of the molecule is CC(=O)CCN1C/C(=C\c2ccccc2)C2=NN(C)C(c3ccccc3)C2C1.Cl. The number of hydrogen-bond donors (Lipinski definition) is 0. The molecular weight excluding hydrogens is 382 g/mol. The van der Waals surface area contributed by atoms with Crippen molar-refractivity contribution in [3.8, 4) is 0 Å². The van der Waals surface area contributed by atoms with Crippen LogP contribution in [0.2, 0.25) is 0 Å². The van der Waals surface area contributed by atoms with Crippen molar-refractivity contribution in [1.82, 2.24) is 9.91 Å². The summed E-state index contributed by atoms with van der Waals surface area (Å²) in [5.41, 5.74) is 4.94. The van der Waals surface area contributed by atoms with E-state index in [-0.39, 0.29) is 24.2 Å². The number of likely N-dealkylation sites (tertiary alicyclic amines) is 1. The van der Waals surface area contributed by atoms with Crippen molar-refractivity contribution >= 4 is 30.0 Å². The van der Waals surface area contributed by atoms with E-state index in [0.29, 0.717) is 12.3 Å². The summed E-state index contributed by atoms with van der Waals surface area (Å²) >= 11 is 0. The monoisotopic (exact) mass is 409 g/mol. The number of rotatable bonds is 5. The molecule has 152 valence electrons. The third kappa shape index (κ3) is 4.77. The standard InChI is InChI=1S/C24H27N3O.ClH/c1-18(28)13-14-27-16-21(15-19-9-5-3-6-10-19)23-22(17-27)24(26(2)25-23)20-11-7-4-8-12-20;/h3-12,15,22,24H,13-14,16-17H2,1-2H3;1H/b21-15+;. The normalized spacial score (nSPS) is 22.8. The highest BCUT2D eigenvalue weighted by atomic mass is 35.5. The van der Waals surface area contributed by atoms with Gasteiger partial charge in [-0.15, -0.1) is 12.4 Å². The van der Waals surface area contributed by atoms with E-state index >= 15 is 0 Å². The van der Waals surface area contributed by atoms with Crippen LogP contribution in [0.25, 0.3) is 6.08 Å². The number of halogens is 1. The molecule has 0 N–H and O–H groups in total. The molecule has 2 aromatic carbocycles. The lowest BCUT2D eigenvalue weighted by molar-refractivity contribution is -0.117. The van der Waals surface area contributed by atoms with E-state index in [1.54, 1.807) is 6.92 Å². The van der Waals surface area contributed by atoms with Crippen molar-refractivity contribution in [3.63, 3.8) is 0 Å². The van der Waals surface area contributed by atoms with E-state index in [0.717, 1.165) is 19.6 Å². The number of hydrazone groups is 1. The van der Waals surface area contributed by atoms with Crippen LogP contribution in [0.4, 0.5) is 0 Å². The number of carbonyl (C=O) groups is 1. The molecule has 0 amide bonds. The second-order valence-electron chi connectivity index (χ2n) is 7.79. The van der Waals surface area contributed by atoms with Crippen LogP contribution in [0.5, 0.6) is 0 Å². The molecule has 2 aliphatic rings. The number of fused-ring (bicyclic) bond motifs is 1. The average Bonchev–Trinajstić information content (AvgIpc) is 3.04. The Labute approximate surface area is 179 Å². The van der Waals surface area contributed by atoms with Crippen molar-refractivity contribution in [3.05, 3.63) is 77.4 Å². The van der Waals surface area contributed by atoms with Gasteiger partial charge in [0, 0.05) is 39.0 Å². The Balaban J connectivity index is 0.00000240. The van der Waals surface area contributed by atoms with Crippen LogP contribution in [0.15, 0.2) is 71.3 Å². The molecule has 0 aliphatic carbocycles. The van der Waals surface area contributed by atoms with Crippen molar-refractivity contribution < 1.29 is 4.79 Å². The fraction of sp³-hybridized carbons (Fsp3) is 0.333. The molecule has 0 aromatic heterocycles. The maximum Gasteiger partial charge on any atom is 0.131 e. The van der Waals surface area contributed by atoms with Gasteiger partial charge in [0.2, 0.25) is 0 Å². The molecule has 1 saturated heterocycles. The fourth-order valence-corrected chi connectivity index (χ4v) is 4.32. The summed E-state index contributed by atoms with van der Waals surface area (Å²) in [4.78, 5) is 14.0. The van der Waals surface area contributed by atoms with Crippen LogP contribution < -0.4 is 0 Å². The molecule has 2 aliphatic heterocycles. The zero-order valence-corrected chi connectivity index (χ0v) is 17.8. The van der Waals surface area contributed by atoms with Crippen molar-refractivity contribution in [2.45, 2.75) is 19.4 Å². The van der Waals surface area contributed by atoms with Gasteiger partial charge in [0.1, 0.15) is 5.78 Å². The summed E-state index contributed by atoms with van der Waals surface area (Å²) < 4.78 is 0. The van der Waals surface area contributed by atoms with E-state index in [1.165, 1.54) is 22.4 Å². The third-order valence-electron chi connectivity index (χ3n) is 5.64. The number of nitrogens with zero attached hydrogens (tertiary/aromatic N) is 3. The second kappa shape index (κ2) is 9.38. The first kappa shape index (κ1) is 21.3. The van der Waals surface area contributed by atoms with Crippen LogP contribution in [0.3, 0.4) is 0 Å². The molecule has 2 unspecified atom stereocenters. The van der Waals surface area contributed by atoms with Crippen LogP contribution in [0.1, 0.15) is 30.5 Å². The molecule has 2 atom stereocenters. The molecule has 4 rings (SSSR count). The third-order valence-corrected chi connectivity index (χ3v) is 5.64. The molecule has 5 heteroatoms. The Morgan fingerprint density at radius 1 is 1.10 bits per heavy atom. The van der Waals surface area contributed by atoms with Gasteiger partial charge in [-0.2, -0.15) is 5.10 Å². The van der Waals surface area contributed by atoms with Gasteiger partial charge in [0.05, 0.1) is 11.8 Å². The molecule has 29 heavy (non-hydrogen) atoms. The summed E-state index contributed by atoms with van der Waals surface area (Å²) in [5, 5.41) is 7.08. The van der Waals surface area contributed by atoms with Crippen LogP contribution >= 0.6 is 12.4 Å². The maximum absolute atomic E-state index is 11.6. The first-order valence-electron chi connectivity index (χ1n) is 9.96. The Bertz CT molecular complexity index is 895. The van der Waals surface area contributed by atoms with Gasteiger partial charge >= 0.3 is 0 Å². The van der Waals surface area contributed by atoms with E-state index in [1.807, 2.05) is 6.07 Å². The van der Waals surface area contributed by atoms with Gasteiger partial charge in [0.25, 0.3) is 0 Å². The molecule has 0 saturated carbocycles. The minimum atomic E-state index is 0. The number of benzene rings is 2. The molecule has 2 heterocycles.